The van der Waals surface area contributed by atoms with Crippen LogP contribution in [0.25, 0.3) is 0 Å². The standard InChI is InChI=1S/C11H11F2NO3/c1-7(15)5-10(16)14-8-3-2-4-9(6-8)17-11(12)13/h2-4,6,11H,5H2,1H3,(H,14,16). The number of carbonyl (C=O) groups excluding carboxylic acids is 2. The quantitative estimate of drug-likeness (QED) is 0.806. The summed E-state index contributed by atoms with van der Waals surface area (Å²) in [5.41, 5.74) is 0.300. The highest BCUT2D eigenvalue weighted by Crippen LogP contribution is 2.19. The molecule has 0 aromatic heterocycles. The average Bonchev–Trinajstić information content (AvgIpc) is 2.14. The molecule has 17 heavy (non-hydrogen) atoms. The second kappa shape index (κ2) is 5.93. The number of hydrogen-bond donors (Lipinski definition) is 1. The van der Waals surface area contributed by atoms with Crippen molar-refractivity contribution in [3.8, 4) is 5.75 Å². The minimum atomic E-state index is -2.92. The van der Waals surface area contributed by atoms with Gasteiger partial charge in [-0.3, -0.25) is 9.59 Å². The molecular formula is C11H11F2NO3. The van der Waals surface area contributed by atoms with Crippen LogP contribution in [0, 0.1) is 0 Å². The number of alkyl halides is 2. The van der Waals surface area contributed by atoms with E-state index in [0.717, 1.165) is 0 Å². The highest BCUT2D eigenvalue weighted by Gasteiger charge is 2.08. The lowest BCUT2D eigenvalue weighted by Gasteiger charge is -2.07. The van der Waals surface area contributed by atoms with E-state index in [0.29, 0.717) is 5.69 Å². The molecule has 6 heteroatoms. The summed E-state index contributed by atoms with van der Waals surface area (Å²) in [6, 6.07) is 5.56. The minimum absolute atomic E-state index is 0.0550. The van der Waals surface area contributed by atoms with Crippen LogP contribution >= 0.6 is 0 Å². The zero-order valence-corrected chi connectivity index (χ0v) is 9.07. The molecule has 0 heterocycles. The molecule has 92 valence electrons. The van der Waals surface area contributed by atoms with Crippen LogP contribution in [0.3, 0.4) is 0 Å². The first-order valence-corrected chi connectivity index (χ1v) is 4.81. The van der Waals surface area contributed by atoms with E-state index in [9.17, 15) is 18.4 Å². The molecule has 0 bridgehead atoms. The maximum Gasteiger partial charge on any atom is 0.387 e. The summed E-state index contributed by atoms with van der Waals surface area (Å²) in [5.74, 6) is -0.824. The molecule has 1 aromatic carbocycles. The van der Waals surface area contributed by atoms with Crippen molar-refractivity contribution in [2.75, 3.05) is 5.32 Å². The van der Waals surface area contributed by atoms with E-state index in [4.69, 9.17) is 0 Å². The minimum Gasteiger partial charge on any atom is -0.435 e. The molecule has 1 N–H and O–H groups in total. The molecule has 0 atom stereocenters. The first kappa shape index (κ1) is 13.1. The predicted octanol–water partition coefficient (Wildman–Crippen LogP) is 2.21. The molecule has 0 saturated carbocycles. The summed E-state index contributed by atoms with van der Waals surface area (Å²) in [4.78, 5) is 21.9. The van der Waals surface area contributed by atoms with Gasteiger partial charge in [0.1, 0.15) is 11.5 Å². The summed E-state index contributed by atoms with van der Waals surface area (Å²) in [7, 11) is 0. The van der Waals surface area contributed by atoms with Crippen molar-refractivity contribution in [2.24, 2.45) is 0 Å². The van der Waals surface area contributed by atoms with Gasteiger partial charge in [0, 0.05) is 11.8 Å². The van der Waals surface area contributed by atoms with Crippen LogP contribution in [0.5, 0.6) is 5.75 Å². The van der Waals surface area contributed by atoms with Crippen LogP contribution < -0.4 is 10.1 Å². The molecule has 0 unspecified atom stereocenters. The number of halogens is 2. The monoisotopic (exact) mass is 243 g/mol. The number of ketones is 1. The smallest absolute Gasteiger partial charge is 0.387 e. The normalized spacial score (nSPS) is 10.1. The fraction of sp³-hybridized carbons (Fsp3) is 0.273. The van der Waals surface area contributed by atoms with Crippen molar-refractivity contribution in [1.29, 1.82) is 0 Å². The Morgan fingerprint density at radius 2 is 2.12 bits per heavy atom. The lowest BCUT2D eigenvalue weighted by Crippen LogP contribution is -2.14. The molecule has 1 amide bonds. The Hall–Kier alpha value is -1.98. The maximum absolute atomic E-state index is 11.9. The van der Waals surface area contributed by atoms with Crippen LogP contribution in [0.4, 0.5) is 14.5 Å². The van der Waals surface area contributed by atoms with E-state index < -0.39 is 12.5 Å². The van der Waals surface area contributed by atoms with Crippen LogP contribution in [0.1, 0.15) is 13.3 Å². The van der Waals surface area contributed by atoms with Crippen molar-refractivity contribution in [1.82, 2.24) is 0 Å². The number of anilines is 1. The number of nitrogens with one attached hydrogen (secondary N) is 1. The second-order valence-electron chi connectivity index (χ2n) is 3.33. The van der Waals surface area contributed by atoms with Gasteiger partial charge in [0.25, 0.3) is 0 Å². The highest BCUT2D eigenvalue weighted by molar-refractivity contribution is 6.03. The molecule has 0 spiro atoms. The molecule has 0 aliphatic carbocycles. The van der Waals surface area contributed by atoms with E-state index >= 15 is 0 Å². The summed E-state index contributed by atoms with van der Waals surface area (Å²) in [6.45, 7) is -1.63. The molecule has 0 aliphatic heterocycles. The van der Waals surface area contributed by atoms with Crippen LogP contribution in [-0.4, -0.2) is 18.3 Å². The fourth-order valence-electron chi connectivity index (χ4n) is 1.18. The Labute approximate surface area is 96.6 Å². The van der Waals surface area contributed by atoms with Gasteiger partial charge in [0.15, 0.2) is 0 Å². The van der Waals surface area contributed by atoms with E-state index in [-0.39, 0.29) is 18.0 Å². The van der Waals surface area contributed by atoms with E-state index in [2.05, 4.69) is 10.1 Å². The van der Waals surface area contributed by atoms with Gasteiger partial charge in [-0.2, -0.15) is 8.78 Å². The zero-order valence-electron chi connectivity index (χ0n) is 9.07. The molecular weight excluding hydrogens is 232 g/mol. The Kier molecular flexibility index (Phi) is 4.56. The number of Topliss-reactive ketones (excluding diaryl/α,β-unsaturated/α-hetero) is 1. The van der Waals surface area contributed by atoms with Gasteiger partial charge in [-0.05, 0) is 19.1 Å². The molecule has 0 aliphatic rings. The third-order valence-corrected chi connectivity index (χ3v) is 1.75. The van der Waals surface area contributed by atoms with Gasteiger partial charge < -0.3 is 10.1 Å². The number of amides is 1. The Morgan fingerprint density at radius 3 is 2.71 bits per heavy atom. The first-order valence-electron chi connectivity index (χ1n) is 4.81. The molecule has 0 radical (unpaired) electrons. The van der Waals surface area contributed by atoms with Crippen molar-refractivity contribution >= 4 is 17.4 Å². The first-order chi connectivity index (χ1) is 7.97. The van der Waals surface area contributed by atoms with E-state index in [1.165, 1.54) is 31.2 Å². The molecule has 4 nitrogen and oxygen atoms in total. The van der Waals surface area contributed by atoms with Crippen molar-refractivity contribution < 1.29 is 23.1 Å². The lowest BCUT2D eigenvalue weighted by atomic mass is 10.2. The molecule has 0 fully saturated rings. The van der Waals surface area contributed by atoms with Crippen molar-refractivity contribution in [2.45, 2.75) is 20.0 Å². The van der Waals surface area contributed by atoms with Gasteiger partial charge in [-0.15, -0.1) is 0 Å². The fourth-order valence-corrected chi connectivity index (χ4v) is 1.18. The number of benzene rings is 1. The average molecular weight is 243 g/mol. The van der Waals surface area contributed by atoms with Gasteiger partial charge in [0.05, 0.1) is 6.42 Å². The van der Waals surface area contributed by atoms with Crippen molar-refractivity contribution in [3.05, 3.63) is 24.3 Å². The van der Waals surface area contributed by atoms with Gasteiger partial charge in [-0.25, -0.2) is 0 Å². The zero-order chi connectivity index (χ0) is 12.8. The SMILES string of the molecule is CC(=O)CC(=O)Nc1cccc(OC(F)F)c1. The molecule has 0 saturated heterocycles. The van der Waals surface area contributed by atoms with Crippen LogP contribution in [0.15, 0.2) is 24.3 Å². The van der Waals surface area contributed by atoms with E-state index in [1.807, 2.05) is 0 Å². The van der Waals surface area contributed by atoms with Crippen LogP contribution in [0.2, 0.25) is 0 Å². The van der Waals surface area contributed by atoms with E-state index in [1.54, 1.807) is 0 Å². The Bertz CT molecular complexity index is 421. The van der Waals surface area contributed by atoms with Crippen molar-refractivity contribution in [3.63, 3.8) is 0 Å². The summed E-state index contributed by atoms with van der Waals surface area (Å²) < 4.78 is 28.0. The Morgan fingerprint density at radius 1 is 1.41 bits per heavy atom. The third-order valence-electron chi connectivity index (χ3n) is 1.75. The second-order valence-corrected chi connectivity index (χ2v) is 3.33. The number of carbonyl (C=O) groups is 2. The van der Waals surface area contributed by atoms with Gasteiger partial charge in [0.2, 0.25) is 5.91 Å². The number of rotatable bonds is 5. The number of hydrogen-bond acceptors (Lipinski definition) is 3. The highest BCUT2D eigenvalue weighted by atomic mass is 19.3. The maximum atomic E-state index is 11.9. The third kappa shape index (κ3) is 5.05. The molecule has 1 rings (SSSR count). The van der Waals surface area contributed by atoms with Gasteiger partial charge >= 0.3 is 6.61 Å². The summed E-state index contributed by atoms with van der Waals surface area (Å²) in [6.07, 6.45) is -0.250. The summed E-state index contributed by atoms with van der Waals surface area (Å²) in [5, 5.41) is 2.40. The van der Waals surface area contributed by atoms with Gasteiger partial charge in [-0.1, -0.05) is 6.07 Å². The van der Waals surface area contributed by atoms with Crippen LogP contribution in [-0.2, 0) is 9.59 Å². The predicted molar refractivity (Wildman–Crippen MR) is 57.0 cm³/mol. The topological polar surface area (TPSA) is 55.4 Å². The molecule has 1 aromatic rings. The lowest BCUT2D eigenvalue weighted by molar-refractivity contribution is -0.124. The number of ether oxygens (including phenoxy) is 1. The Balaban J connectivity index is 2.65. The summed E-state index contributed by atoms with van der Waals surface area (Å²) >= 11 is 0. The largest absolute Gasteiger partial charge is 0.435 e.